The van der Waals surface area contributed by atoms with Gasteiger partial charge in [-0.2, -0.15) is 0 Å². The van der Waals surface area contributed by atoms with E-state index in [2.05, 4.69) is 30.3 Å². The van der Waals surface area contributed by atoms with E-state index in [0.717, 1.165) is 13.0 Å². The van der Waals surface area contributed by atoms with Crippen molar-refractivity contribution in [2.75, 3.05) is 0 Å². The largest absolute Gasteiger partial charge is 0.333 e. The van der Waals surface area contributed by atoms with Gasteiger partial charge >= 0.3 is 0 Å². The zero-order chi connectivity index (χ0) is 11.3. The van der Waals surface area contributed by atoms with Crippen LogP contribution < -0.4 is 5.73 Å². The molecule has 86 valence electrons. The third-order valence-electron chi connectivity index (χ3n) is 2.60. The van der Waals surface area contributed by atoms with Crippen molar-refractivity contribution < 1.29 is 0 Å². The predicted octanol–water partition coefficient (Wildman–Crippen LogP) is 2.73. The van der Waals surface area contributed by atoms with Crippen molar-refractivity contribution in [1.82, 2.24) is 9.55 Å². The Balaban J connectivity index is 2.62. The van der Waals surface area contributed by atoms with Crippen LogP contribution in [0.3, 0.4) is 0 Å². The lowest BCUT2D eigenvalue weighted by molar-refractivity contribution is 0.479. The fourth-order valence-corrected chi connectivity index (χ4v) is 1.78. The minimum atomic E-state index is 0.129. The molecule has 0 fully saturated rings. The van der Waals surface area contributed by atoms with E-state index in [1.54, 1.807) is 0 Å². The van der Waals surface area contributed by atoms with E-state index in [1.807, 2.05) is 12.5 Å². The van der Waals surface area contributed by atoms with Crippen LogP contribution in [-0.2, 0) is 6.54 Å². The monoisotopic (exact) mass is 209 g/mol. The number of aryl methyl sites for hydroxylation is 1. The Labute approximate surface area is 92.7 Å². The Bertz CT molecular complexity index is 278. The second kappa shape index (κ2) is 5.91. The van der Waals surface area contributed by atoms with Crippen molar-refractivity contribution >= 4 is 0 Å². The predicted molar refractivity (Wildman–Crippen MR) is 63.5 cm³/mol. The molecule has 0 amide bonds. The van der Waals surface area contributed by atoms with E-state index < -0.39 is 0 Å². The molecule has 1 unspecified atom stereocenters. The summed E-state index contributed by atoms with van der Waals surface area (Å²) in [6.45, 7) is 7.64. The van der Waals surface area contributed by atoms with E-state index in [1.165, 1.54) is 18.5 Å². The van der Waals surface area contributed by atoms with Gasteiger partial charge in [0.2, 0.25) is 0 Å². The minimum absolute atomic E-state index is 0.129. The summed E-state index contributed by atoms with van der Waals surface area (Å²) < 4.78 is 2.19. The second-order valence-corrected chi connectivity index (χ2v) is 4.60. The summed E-state index contributed by atoms with van der Waals surface area (Å²) >= 11 is 0. The molecule has 0 saturated carbocycles. The van der Waals surface area contributed by atoms with Crippen molar-refractivity contribution in [1.29, 1.82) is 0 Å². The van der Waals surface area contributed by atoms with Crippen LogP contribution in [0.25, 0.3) is 0 Å². The van der Waals surface area contributed by atoms with Gasteiger partial charge in [0.25, 0.3) is 0 Å². The maximum absolute atomic E-state index is 6.15. The topological polar surface area (TPSA) is 43.8 Å². The van der Waals surface area contributed by atoms with Crippen LogP contribution in [-0.4, -0.2) is 9.55 Å². The average Bonchev–Trinajstić information content (AvgIpc) is 2.61. The highest BCUT2D eigenvalue weighted by molar-refractivity contribution is 5.04. The molecule has 0 radical (unpaired) electrons. The molecular formula is C12H23N3. The van der Waals surface area contributed by atoms with E-state index in [0.29, 0.717) is 5.92 Å². The van der Waals surface area contributed by atoms with E-state index in [9.17, 15) is 0 Å². The lowest BCUT2D eigenvalue weighted by atomic mass is 10.0. The smallest absolute Gasteiger partial charge is 0.0948 e. The summed E-state index contributed by atoms with van der Waals surface area (Å²) in [5.41, 5.74) is 7.33. The molecule has 0 aliphatic heterocycles. The van der Waals surface area contributed by atoms with E-state index >= 15 is 0 Å². The number of nitrogens with zero attached hydrogens (tertiary/aromatic N) is 2. The first kappa shape index (κ1) is 12.2. The Morgan fingerprint density at radius 1 is 1.47 bits per heavy atom. The molecule has 0 bridgehead atoms. The Kier molecular flexibility index (Phi) is 4.82. The summed E-state index contributed by atoms with van der Waals surface area (Å²) in [7, 11) is 0. The minimum Gasteiger partial charge on any atom is -0.333 e. The number of nitrogens with two attached hydrogens (primary N) is 1. The summed E-state index contributed by atoms with van der Waals surface area (Å²) in [6, 6.07) is 0.129. The Hall–Kier alpha value is -0.830. The van der Waals surface area contributed by atoms with Crippen molar-refractivity contribution in [2.45, 2.75) is 52.6 Å². The number of aromatic nitrogens is 2. The van der Waals surface area contributed by atoms with Crippen molar-refractivity contribution in [3.8, 4) is 0 Å². The maximum atomic E-state index is 6.15. The second-order valence-electron chi connectivity index (χ2n) is 4.60. The van der Waals surface area contributed by atoms with Crippen LogP contribution in [0.15, 0.2) is 12.5 Å². The maximum Gasteiger partial charge on any atom is 0.0948 e. The molecule has 1 aromatic rings. The van der Waals surface area contributed by atoms with Gasteiger partial charge in [-0.15, -0.1) is 0 Å². The third kappa shape index (κ3) is 3.67. The molecule has 0 aliphatic carbocycles. The summed E-state index contributed by atoms with van der Waals surface area (Å²) in [6.07, 6.45) is 7.22. The molecule has 0 spiro atoms. The summed E-state index contributed by atoms with van der Waals surface area (Å²) in [4.78, 5) is 4.19. The molecule has 2 N–H and O–H groups in total. The number of imidazole rings is 1. The summed E-state index contributed by atoms with van der Waals surface area (Å²) in [5, 5.41) is 0. The molecule has 3 heteroatoms. The first-order valence-corrected chi connectivity index (χ1v) is 5.90. The zero-order valence-electron chi connectivity index (χ0n) is 10.1. The van der Waals surface area contributed by atoms with Crippen LogP contribution in [0.2, 0.25) is 0 Å². The molecule has 1 aromatic heterocycles. The van der Waals surface area contributed by atoms with Gasteiger partial charge in [-0.05, 0) is 18.8 Å². The highest BCUT2D eigenvalue weighted by Gasteiger charge is 2.12. The molecule has 0 aromatic carbocycles. The van der Waals surface area contributed by atoms with Gasteiger partial charge < -0.3 is 10.3 Å². The van der Waals surface area contributed by atoms with Crippen LogP contribution in [0.4, 0.5) is 0 Å². The molecule has 15 heavy (non-hydrogen) atoms. The number of hydrogen-bond donors (Lipinski definition) is 1. The highest BCUT2D eigenvalue weighted by Crippen LogP contribution is 2.18. The van der Waals surface area contributed by atoms with Crippen molar-refractivity contribution in [3.63, 3.8) is 0 Å². The Morgan fingerprint density at radius 3 is 2.80 bits per heavy atom. The molecule has 1 rings (SSSR count). The molecular weight excluding hydrogens is 186 g/mol. The van der Waals surface area contributed by atoms with Crippen LogP contribution in [0.1, 0.15) is 51.8 Å². The highest BCUT2D eigenvalue weighted by atomic mass is 15.1. The van der Waals surface area contributed by atoms with Gasteiger partial charge in [0.15, 0.2) is 0 Å². The third-order valence-corrected chi connectivity index (χ3v) is 2.60. The standard InChI is InChI=1S/C12H23N3/c1-4-5-6-15-9-14-8-12(15)11(13)7-10(2)3/h8-11H,4-7,13H2,1-3H3. The van der Waals surface area contributed by atoms with Crippen LogP contribution >= 0.6 is 0 Å². The van der Waals surface area contributed by atoms with Gasteiger partial charge in [-0.25, -0.2) is 4.98 Å². The zero-order valence-corrected chi connectivity index (χ0v) is 10.1. The lowest BCUT2D eigenvalue weighted by Crippen LogP contribution is -2.17. The van der Waals surface area contributed by atoms with Crippen LogP contribution in [0, 0.1) is 5.92 Å². The van der Waals surface area contributed by atoms with Gasteiger partial charge in [-0.1, -0.05) is 27.2 Å². The summed E-state index contributed by atoms with van der Waals surface area (Å²) in [5.74, 6) is 0.634. The molecule has 1 heterocycles. The molecule has 3 nitrogen and oxygen atoms in total. The molecule has 0 saturated heterocycles. The first-order valence-electron chi connectivity index (χ1n) is 5.90. The fraction of sp³-hybridized carbons (Fsp3) is 0.750. The van der Waals surface area contributed by atoms with Gasteiger partial charge in [0, 0.05) is 18.8 Å². The SMILES string of the molecule is CCCCn1cncc1C(N)CC(C)C. The fourth-order valence-electron chi connectivity index (χ4n) is 1.78. The van der Waals surface area contributed by atoms with Crippen molar-refractivity contribution in [2.24, 2.45) is 11.7 Å². The Morgan fingerprint density at radius 2 is 2.20 bits per heavy atom. The van der Waals surface area contributed by atoms with E-state index in [4.69, 9.17) is 5.73 Å². The average molecular weight is 209 g/mol. The number of unbranched alkanes of at least 4 members (excludes halogenated alkanes) is 1. The number of rotatable bonds is 6. The van der Waals surface area contributed by atoms with Gasteiger partial charge in [-0.3, -0.25) is 0 Å². The van der Waals surface area contributed by atoms with Gasteiger partial charge in [0.05, 0.1) is 12.0 Å². The lowest BCUT2D eigenvalue weighted by Gasteiger charge is -2.16. The molecule has 0 aliphatic rings. The quantitative estimate of drug-likeness (QED) is 0.783. The van der Waals surface area contributed by atoms with E-state index in [-0.39, 0.29) is 6.04 Å². The van der Waals surface area contributed by atoms with Crippen molar-refractivity contribution in [3.05, 3.63) is 18.2 Å². The van der Waals surface area contributed by atoms with Gasteiger partial charge in [0.1, 0.15) is 0 Å². The molecule has 1 atom stereocenters. The van der Waals surface area contributed by atoms with Crippen LogP contribution in [0.5, 0.6) is 0 Å². The number of hydrogen-bond acceptors (Lipinski definition) is 2. The first-order chi connectivity index (χ1) is 7.15. The normalized spacial score (nSPS) is 13.4.